The van der Waals surface area contributed by atoms with Crippen molar-refractivity contribution >= 4 is 35.1 Å². The zero-order valence-electron chi connectivity index (χ0n) is 14.9. The van der Waals surface area contributed by atoms with Gasteiger partial charge >= 0.3 is 0 Å². The summed E-state index contributed by atoms with van der Waals surface area (Å²) in [6.45, 7) is 1.41. The van der Waals surface area contributed by atoms with E-state index < -0.39 is 5.91 Å². The number of carbonyl (C=O) groups excluding carboxylic acids is 2. The van der Waals surface area contributed by atoms with Crippen molar-refractivity contribution in [3.05, 3.63) is 82.6 Å². The number of nitrogens with one attached hydrogen (secondary N) is 1. The first-order valence-corrected chi connectivity index (χ1v) is 8.74. The van der Waals surface area contributed by atoms with E-state index in [1.807, 2.05) is 12.1 Å². The van der Waals surface area contributed by atoms with Crippen molar-refractivity contribution in [2.45, 2.75) is 6.92 Å². The Kier molecular flexibility index (Phi) is 5.73. The molecule has 1 aromatic heterocycles. The molecule has 0 aliphatic heterocycles. The first kappa shape index (κ1) is 19.2. The molecule has 0 radical (unpaired) electrons. The van der Waals surface area contributed by atoms with Gasteiger partial charge in [-0.05, 0) is 43.3 Å². The molecule has 0 aliphatic carbocycles. The van der Waals surface area contributed by atoms with Crippen LogP contribution in [0.3, 0.4) is 0 Å². The Labute approximate surface area is 166 Å². The first-order chi connectivity index (χ1) is 13.5. The summed E-state index contributed by atoms with van der Waals surface area (Å²) in [4.78, 5) is 24.2. The number of nitriles is 1. The Balaban J connectivity index is 1.84. The number of halogens is 1. The Morgan fingerprint density at radius 2 is 1.89 bits per heavy atom. The van der Waals surface area contributed by atoms with Gasteiger partial charge in [0.1, 0.15) is 23.2 Å². The fourth-order valence-corrected chi connectivity index (χ4v) is 2.80. The van der Waals surface area contributed by atoms with Crippen LogP contribution in [0.2, 0.25) is 5.02 Å². The molecule has 3 rings (SSSR count). The molecule has 28 heavy (non-hydrogen) atoms. The standard InChI is InChI=1S/C22H15ClN2O3/c1-14(26)19-7-2-3-8-20(19)25-22(27)16(13-24)12-18-9-10-21(28-18)15-5-4-6-17(23)11-15/h2-12H,1H3,(H,25,27)/b16-12-. The lowest BCUT2D eigenvalue weighted by molar-refractivity contribution is -0.112. The normalized spacial score (nSPS) is 11.0. The summed E-state index contributed by atoms with van der Waals surface area (Å²) in [5.41, 5.74) is 1.35. The minimum absolute atomic E-state index is 0.148. The Hall–Kier alpha value is -3.62. The molecule has 3 aromatic rings. The van der Waals surface area contributed by atoms with Gasteiger partial charge in [-0.25, -0.2) is 0 Å². The number of hydrogen-bond acceptors (Lipinski definition) is 4. The predicted octanol–water partition coefficient (Wildman–Crippen LogP) is 5.35. The third-order valence-corrected chi connectivity index (χ3v) is 4.18. The molecule has 6 heteroatoms. The van der Waals surface area contributed by atoms with Crippen LogP contribution in [0.4, 0.5) is 5.69 Å². The molecule has 5 nitrogen and oxygen atoms in total. The Morgan fingerprint density at radius 3 is 2.61 bits per heavy atom. The van der Waals surface area contributed by atoms with Gasteiger partial charge in [-0.15, -0.1) is 0 Å². The number of furan rings is 1. The van der Waals surface area contributed by atoms with Crippen LogP contribution in [0.25, 0.3) is 17.4 Å². The number of rotatable bonds is 5. The number of carbonyl (C=O) groups is 2. The van der Waals surface area contributed by atoms with Gasteiger partial charge in [0.05, 0.1) is 5.69 Å². The summed E-state index contributed by atoms with van der Waals surface area (Å²) in [7, 11) is 0. The fourth-order valence-electron chi connectivity index (χ4n) is 2.61. The molecule has 1 N–H and O–H groups in total. The van der Waals surface area contributed by atoms with Crippen molar-refractivity contribution in [2.24, 2.45) is 0 Å². The summed E-state index contributed by atoms with van der Waals surface area (Å²) < 4.78 is 5.70. The summed E-state index contributed by atoms with van der Waals surface area (Å²) in [6, 6.07) is 19.0. The minimum Gasteiger partial charge on any atom is -0.457 e. The smallest absolute Gasteiger partial charge is 0.266 e. The van der Waals surface area contributed by atoms with Crippen molar-refractivity contribution in [1.29, 1.82) is 5.26 Å². The van der Waals surface area contributed by atoms with Crippen LogP contribution in [0.5, 0.6) is 0 Å². The summed E-state index contributed by atoms with van der Waals surface area (Å²) in [5.74, 6) is 0.0994. The number of hydrogen-bond donors (Lipinski definition) is 1. The molecular weight excluding hydrogens is 376 g/mol. The number of Topliss-reactive ketones (excluding diaryl/α,β-unsaturated/α-hetero) is 1. The van der Waals surface area contributed by atoms with Gasteiger partial charge < -0.3 is 9.73 Å². The Bertz CT molecular complexity index is 1120. The zero-order chi connectivity index (χ0) is 20.1. The van der Waals surface area contributed by atoms with E-state index in [1.165, 1.54) is 13.0 Å². The predicted molar refractivity (Wildman–Crippen MR) is 108 cm³/mol. The molecule has 0 fully saturated rings. The molecule has 1 amide bonds. The highest BCUT2D eigenvalue weighted by Gasteiger charge is 2.14. The SMILES string of the molecule is CC(=O)c1ccccc1NC(=O)/C(C#N)=C\c1ccc(-c2cccc(Cl)c2)o1. The van der Waals surface area contributed by atoms with E-state index >= 15 is 0 Å². The fraction of sp³-hybridized carbons (Fsp3) is 0.0455. The molecular formula is C22H15ClN2O3. The van der Waals surface area contributed by atoms with Crippen molar-refractivity contribution in [3.8, 4) is 17.4 Å². The van der Waals surface area contributed by atoms with Crippen LogP contribution < -0.4 is 5.32 Å². The quantitative estimate of drug-likeness (QED) is 0.361. The largest absolute Gasteiger partial charge is 0.457 e. The highest BCUT2D eigenvalue weighted by molar-refractivity contribution is 6.30. The van der Waals surface area contributed by atoms with Crippen molar-refractivity contribution < 1.29 is 14.0 Å². The lowest BCUT2D eigenvalue weighted by Crippen LogP contribution is -2.15. The van der Waals surface area contributed by atoms with Crippen LogP contribution in [0, 0.1) is 11.3 Å². The summed E-state index contributed by atoms with van der Waals surface area (Å²) in [5, 5.41) is 12.5. The van der Waals surface area contributed by atoms with E-state index in [0.29, 0.717) is 27.8 Å². The second kappa shape index (κ2) is 8.38. The maximum atomic E-state index is 12.5. The van der Waals surface area contributed by atoms with E-state index in [9.17, 15) is 14.9 Å². The number of benzene rings is 2. The monoisotopic (exact) mass is 390 g/mol. The van der Waals surface area contributed by atoms with Crippen LogP contribution in [0.1, 0.15) is 23.0 Å². The van der Waals surface area contributed by atoms with Crippen molar-refractivity contribution in [3.63, 3.8) is 0 Å². The number of ketones is 1. The Morgan fingerprint density at radius 1 is 1.11 bits per heavy atom. The van der Waals surface area contributed by atoms with Gasteiger partial charge in [-0.2, -0.15) is 5.26 Å². The molecule has 0 saturated carbocycles. The van der Waals surface area contributed by atoms with E-state index in [4.69, 9.17) is 16.0 Å². The van der Waals surface area contributed by atoms with Gasteiger partial charge in [-0.1, -0.05) is 35.9 Å². The zero-order valence-corrected chi connectivity index (χ0v) is 15.7. The molecule has 0 atom stereocenters. The third-order valence-electron chi connectivity index (χ3n) is 3.94. The highest BCUT2D eigenvalue weighted by Crippen LogP contribution is 2.26. The molecule has 1 heterocycles. The average Bonchev–Trinajstić information content (AvgIpc) is 3.15. The molecule has 2 aromatic carbocycles. The number of nitrogens with zero attached hydrogens (tertiary/aromatic N) is 1. The van der Waals surface area contributed by atoms with Gasteiger partial charge in [0.15, 0.2) is 5.78 Å². The van der Waals surface area contributed by atoms with Crippen molar-refractivity contribution in [2.75, 3.05) is 5.32 Å². The maximum Gasteiger partial charge on any atom is 0.266 e. The number of anilines is 1. The topological polar surface area (TPSA) is 83.1 Å². The van der Waals surface area contributed by atoms with E-state index in [0.717, 1.165) is 5.56 Å². The van der Waals surface area contributed by atoms with Gasteiger partial charge in [-0.3, -0.25) is 9.59 Å². The number of para-hydroxylation sites is 1. The molecule has 0 aliphatic rings. The maximum absolute atomic E-state index is 12.5. The van der Waals surface area contributed by atoms with Crippen LogP contribution in [-0.4, -0.2) is 11.7 Å². The second-order valence-electron chi connectivity index (χ2n) is 5.94. The molecule has 138 valence electrons. The summed E-state index contributed by atoms with van der Waals surface area (Å²) in [6.07, 6.45) is 1.35. The third kappa shape index (κ3) is 4.37. The van der Waals surface area contributed by atoms with E-state index in [1.54, 1.807) is 54.6 Å². The lowest BCUT2D eigenvalue weighted by Gasteiger charge is -2.08. The van der Waals surface area contributed by atoms with Crippen LogP contribution in [0.15, 0.2) is 70.7 Å². The average molecular weight is 391 g/mol. The van der Waals surface area contributed by atoms with Gasteiger partial charge in [0.25, 0.3) is 5.91 Å². The first-order valence-electron chi connectivity index (χ1n) is 8.37. The van der Waals surface area contributed by atoms with Crippen LogP contribution >= 0.6 is 11.6 Å². The summed E-state index contributed by atoms with van der Waals surface area (Å²) >= 11 is 5.99. The highest BCUT2D eigenvalue weighted by atomic mass is 35.5. The minimum atomic E-state index is -0.628. The van der Waals surface area contributed by atoms with Gasteiger partial charge in [0.2, 0.25) is 0 Å². The van der Waals surface area contributed by atoms with Crippen LogP contribution in [-0.2, 0) is 4.79 Å². The lowest BCUT2D eigenvalue weighted by atomic mass is 10.1. The molecule has 0 bridgehead atoms. The molecule has 0 unspecified atom stereocenters. The van der Waals surface area contributed by atoms with E-state index in [-0.39, 0.29) is 11.4 Å². The molecule has 0 spiro atoms. The number of amides is 1. The second-order valence-corrected chi connectivity index (χ2v) is 6.37. The molecule has 0 saturated heterocycles. The van der Waals surface area contributed by atoms with Gasteiger partial charge in [0, 0.05) is 22.2 Å². The van der Waals surface area contributed by atoms with Crippen molar-refractivity contribution in [1.82, 2.24) is 0 Å². The van der Waals surface area contributed by atoms with E-state index in [2.05, 4.69) is 5.32 Å².